The third-order valence-corrected chi connectivity index (χ3v) is 3.49. The maximum atomic E-state index is 12.3. The van der Waals surface area contributed by atoms with Crippen molar-refractivity contribution in [3.8, 4) is 5.75 Å². The molecule has 2 rings (SSSR count). The summed E-state index contributed by atoms with van der Waals surface area (Å²) in [4.78, 5) is 14.4. The number of ether oxygens (including phenoxy) is 1. The van der Waals surface area contributed by atoms with E-state index in [9.17, 15) is 13.6 Å². The number of para-hydroxylation sites is 1. The van der Waals surface area contributed by atoms with E-state index in [-0.39, 0.29) is 11.3 Å². The topological polar surface area (TPSA) is 53.6 Å². The Bertz CT molecular complexity index is 480. The van der Waals surface area contributed by atoms with Crippen molar-refractivity contribution in [1.29, 1.82) is 0 Å². The predicted molar refractivity (Wildman–Crippen MR) is 79.3 cm³/mol. The molecule has 2 N–H and O–H groups in total. The molecule has 0 spiro atoms. The van der Waals surface area contributed by atoms with Crippen LogP contribution in [0.2, 0.25) is 0 Å². The Balaban J connectivity index is 1.77. The summed E-state index contributed by atoms with van der Waals surface area (Å²) in [6, 6.07) is 6.01. The lowest BCUT2D eigenvalue weighted by atomic mass is 10.2. The van der Waals surface area contributed by atoms with E-state index in [4.69, 9.17) is 0 Å². The van der Waals surface area contributed by atoms with Crippen LogP contribution in [0, 0.1) is 0 Å². The molecule has 0 aliphatic carbocycles. The molecule has 122 valence electrons. The molecular weight excluding hydrogens is 292 g/mol. The Kier molecular flexibility index (Phi) is 6.54. The summed E-state index contributed by atoms with van der Waals surface area (Å²) >= 11 is 0. The Labute approximate surface area is 128 Å². The first-order valence-corrected chi connectivity index (χ1v) is 7.42. The van der Waals surface area contributed by atoms with Gasteiger partial charge in [0, 0.05) is 32.7 Å². The van der Waals surface area contributed by atoms with Gasteiger partial charge in [-0.2, -0.15) is 8.78 Å². The number of nitrogens with zero attached hydrogens (tertiary/aromatic N) is 1. The van der Waals surface area contributed by atoms with Crippen LogP contribution in [0.3, 0.4) is 0 Å². The number of halogens is 2. The lowest BCUT2D eigenvalue weighted by molar-refractivity contribution is -0.0501. The van der Waals surface area contributed by atoms with Gasteiger partial charge in [0.15, 0.2) is 0 Å². The number of amides is 1. The summed E-state index contributed by atoms with van der Waals surface area (Å²) < 4.78 is 29.0. The minimum Gasteiger partial charge on any atom is -0.434 e. The number of nitrogens with one attached hydrogen (secondary N) is 2. The number of carbonyl (C=O) groups excluding carboxylic acids is 1. The molecular formula is C15H21F2N3O2. The summed E-state index contributed by atoms with van der Waals surface area (Å²) in [5.74, 6) is -0.492. The second-order valence-electron chi connectivity index (χ2n) is 5.08. The minimum absolute atomic E-state index is 0.0999. The van der Waals surface area contributed by atoms with Crippen LogP contribution in [0.5, 0.6) is 5.75 Å². The lowest BCUT2D eigenvalue weighted by Gasteiger charge is -2.27. The molecule has 1 heterocycles. The molecule has 1 aliphatic rings. The molecule has 0 unspecified atom stereocenters. The fourth-order valence-corrected chi connectivity index (χ4v) is 2.39. The molecule has 22 heavy (non-hydrogen) atoms. The van der Waals surface area contributed by atoms with E-state index in [1.807, 2.05) is 0 Å². The van der Waals surface area contributed by atoms with Crippen LogP contribution in [0.25, 0.3) is 0 Å². The first-order chi connectivity index (χ1) is 10.7. The van der Waals surface area contributed by atoms with Crippen LogP contribution in [0.1, 0.15) is 16.8 Å². The maximum absolute atomic E-state index is 12.3. The largest absolute Gasteiger partial charge is 0.434 e. The highest BCUT2D eigenvalue weighted by molar-refractivity contribution is 5.96. The zero-order valence-corrected chi connectivity index (χ0v) is 12.4. The van der Waals surface area contributed by atoms with Gasteiger partial charge in [0.2, 0.25) is 0 Å². The SMILES string of the molecule is O=C(NCCCN1CCNCC1)c1ccccc1OC(F)F. The van der Waals surface area contributed by atoms with Crippen LogP contribution < -0.4 is 15.4 Å². The van der Waals surface area contributed by atoms with Crippen LogP contribution in [0.4, 0.5) is 8.78 Å². The van der Waals surface area contributed by atoms with Crippen LogP contribution in [-0.4, -0.2) is 56.7 Å². The lowest BCUT2D eigenvalue weighted by Crippen LogP contribution is -2.44. The quantitative estimate of drug-likeness (QED) is 0.746. The van der Waals surface area contributed by atoms with Crippen molar-refractivity contribution in [2.75, 3.05) is 39.3 Å². The van der Waals surface area contributed by atoms with Gasteiger partial charge in [-0.25, -0.2) is 0 Å². The van der Waals surface area contributed by atoms with Crippen molar-refractivity contribution >= 4 is 5.91 Å². The third kappa shape index (κ3) is 5.23. The molecule has 7 heteroatoms. The third-order valence-electron chi connectivity index (χ3n) is 3.49. The summed E-state index contributed by atoms with van der Waals surface area (Å²) in [5, 5.41) is 6.03. The highest BCUT2D eigenvalue weighted by Gasteiger charge is 2.15. The molecule has 0 saturated carbocycles. The van der Waals surface area contributed by atoms with Crippen molar-refractivity contribution in [3.63, 3.8) is 0 Å². The van der Waals surface area contributed by atoms with Crippen molar-refractivity contribution in [2.45, 2.75) is 13.0 Å². The first kappa shape index (κ1) is 16.6. The van der Waals surface area contributed by atoms with Gasteiger partial charge in [-0.1, -0.05) is 12.1 Å². The Morgan fingerprint density at radius 1 is 1.32 bits per heavy atom. The number of carbonyl (C=O) groups is 1. The fraction of sp³-hybridized carbons (Fsp3) is 0.533. The normalized spacial score (nSPS) is 15.8. The highest BCUT2D eigenvalue weighted by atomic mass is 19.3. The summed E-state index contributed by atoms with van der Waals surface area (Å²) in [7, 11) is 0. The van der Waals surface area contributed by atoms with Gasteiger partial charge in [-0.05, 0) is 25.1 Å². The molecule has 1 aromatic carbocycles. The average Bonchev–Trinajstić information content (AvgIpc) is 2.52. The highest BCUT2D eigenvalue weighted by Crippen LogP contribution is 2.19. The molecule has 1 saturated heterocycles. The number of hydrogen-bond donors (Lipinski definition) is 2. The number of rotatable bonds is 7. The van der Waals surface area contributed by atoms with Gasteiger partial charge in [-0.3, -0.25) is 4.79 Å². The van der Waals surface area contributed by atoms with Gasteiger partial charge >= 0.3 is 6.61 Å². The van der Waals surface area contributed by atoms with Crippen molar-refractivity contribution in [3.05, 3.63) is 29.8 Å². The zero-order valence-electron chi connectivity index (χ0n) is 12.4. The van der Waals surface area contributed by atoms with Gasteiger partial charge in [0.05, 0.1) is 5.56 Å². The van der Waals surface area contributed by atoms with Crippen LogP contribution in [-0.2, 0) is 0 Å². The molecule has 0 atom stereocenters. The number of benzene rings is 1. The number of hydrogen-bond acceptors (Lipinski definition) is 4. The standard InChI is InChI=1S/C15H21F2N3O2/c16-15(17)22-13-5-2-1-4-12(13)14(21)19-6-3-9-20-10-7-18-8-11-20/h1-2,4-5,15,18H,3,6-11H2,(H,19,21). The van der Waals surface area contributed by atoms with E-state index in [0.29, 0.717) is 6.54 Å². The van der Waals surface area contributed by atoms with E-state index in [0.717, 1.165) is 39.1 Å². The van der Waals surface area contributed by atoms with Gasteiger partial charge in [-0.15, -0.1) is 0 Å². The maximum Gasteiger partial charge on any atom is 0.387 e. The number of alkyl halides is 2. The molecule has 0 aromatic heterocycles. The van der Waals surface area contributed by atoms with Gasteiger partial charge < -0.3 is 20.3 Å². The Morgan fingerprint density at radius 3 is 2.77 bits per heavy atom. The summed E-state index contributed by atoms with van der Waals surface area (Å²) in [6.07, 6.45) is 0.823. The van der Waals surface area contributed by atoms with E-state index in [2.05, 4.69) is 20.3 Å². The van der Waals surface area contributed by atoms with Crippen LogP contribution >= 0.6 is 0 Å². The van der Waals surface area contributed by atoms with E-state index in [1.165, 1.54) is 12.1 Å². The van der Waals surface area contributed by atoms with Gasteiger partial charge in [0.1, 0.15) is 5.75 Å². The van der Waals surface area contributed by atoms with Crippen molar-refractivity contribution in [2.24, 2.45) is 0 Å². The molecule has 0 bridgehead atoms. The van der Waals surface area contributed by atoms with Crippen molar-refractivity contribution in [1.82, 2.24) is 15.5 Å². The van der Waals surface area contributed by atoms with Crippen LogP contribution in [0.15, 0.2) is 24.3 Å². The Morgan fingerprint density at radius 2 is 2.05 bits per heavy atom. The van der Waals surface area contributed by atoms with Gasteiger partial charge in [0.25, 0.3) is 5.91 Å². The van der Waals surface area contributed by atoms with E-state index in [1.54, 1.807) is 12.1 Å². The van der Waals surface area contributed by atoms with E-state index < -0.39 is 12.5 Å². The first-order valence-electron chi connectivity index (χ1n) is 7.42. The predicted octanol–water partition coefficient (Wildman–Crippen LogP) is 1.31. The smallest absolute Gasteiger partial charge is 0.387 e. The summed E-state index contributed by atoms with van der Waals surface area (Å²) in [5.41, 5.74) is 0.130. The molecule has 0 radical (unpaired) electrons. The average molecular weight is 313 g/mol. The fourth-order valence-electron chi connectivity index (χ4n) is 2.39. The minimum atomic E-state index is -2.94. The molecule has 1 aliphatic heterocycles. The molecule has 1 aromatic rings. The monoisotopic (exact) mass is 313 g/mol. The molecule has 1 fully saturated rings. The van der Waals surface area contributed by atoms with E-state index >= 15 is 0 Å². The summed E-state index contributed by atoms with van der Waals surface area (Å²) in [6.45, 7) is 2.48. The molecule has 5 nitrogen and oxygen atoms in total. The van der Waals surface area contributed by atoms with Crippen molar-refractivity contribution < 1.29 is 18.3 Å². The molecule has 1 amide bonds. The number of piperazine rings is 1. The second-order valence-corrected chi connectivity index (χ2v) is 5.08. The Hall–Kier alpha value is -1.73. The second kappa shape index (κ2) is 8.65. The zero-order chi connectivity index (χ0) is 15.8.